The summed E-state index contributed by atoms with van der Waals surface area (Å²) in [6, 6.07) is 18.8. The van der Waals surface area contributed by atoms with Gasteiger partial charge in [0.25, 0.3) is 0 Å². The standard InChI is InChI=1S/C18H18I/c1-2-13(1)15-5-9-17(10-6-15)19-18-11-7-16(8-12-18)14-3-4-14/h5-14H,1-4H2/q-1. The van der Waals surface area contributed by atoms with Gasteiger partial charge in [-0.25, -0.2) is 0 Å². The number of hydrogen-bond donors (Lipinski definition) is 0. The van der Waals surface area contributed by atoms with Gasteiger partial charge < -0.3 is 0 Å². The molecule has 0 unspecified atom stereocenters. The van der Waals surface area contributed by atoms with E-state index in [1.54, 1.807) is 18.3 Å². The van der Waals surface area contributed by atoms with Crippen molar-refractivity contribution in [1.29, 1.82) is 0 Å². The molecule has 2 aliphatic rings. The maximum absolute atomic E-state index is 2.36. The second-order valence-corrected chi connectivity index (χ2v) is 8.78. The van der Waals surface area contributed by atoms with E-state index in [-0.39, 0.29) is 21.2 Å². The zero-order valence-electron chi connectivity index (χ0n) is 11.0. The Bertz CT molecular complexity index is 506. The van der Waals surface area contributed by atoms with Gasteiger partial charge in [-0.1, -0.05) is 0 Å². The average molecular weight is 361 g/mol. The Balaban J connectivity index is 1.46. The van der Waals surface area contributed by atoms with Gasteiger partial charge in [0.05, 0.1) is 0 Å². The molecule has 2 fully saturated rings. The summed E-state index contributed by atoms with van der Waals surface area (Å²) in [5.74, 6) is 1.76. The van der Waals surface area contributed by atoms with Crippen LogP contribution in [0.5, 0.6) is 0 Å². The van der Waals surface area contributed by atoms with E-state index in [2.05, 4.69) is 48.5 Å². The van der Waals surface area contributed by atoms with Gasteiger partial charge in [-0.05, 0) is 0 Å². The van der Waals surface area contributed by atoms with E-state index >= 15 is 0 Å². The van der Waals surface area contributed by atoms with E-state index in [0.717, 1.165) is 11.8 Å². The zero-order valence-corrected chi connectivity index (χ0v) is 13.1. The molecule has 19 heavy (non-hydrogen) atoms. The molecule has 0 N–H and O–H groups in total. The van der Waals surface area contributed by atoms with Crippen molar-refractivity contribution in [1.82, 2.24) is 0 Å². The van der Waals surface area contributed by atoms with E-state index in [1.165, 1.54) is 25.7 Å². The molecule has 4 rings (SSSR count). The number of benzene rings is 2. The van der Waals surface area contributed by atoms with Crippen molar-refractivity contribution < 1.29 is 21.2 Å². The van der Waals surface area contributed by atoms with Crippen LogP contribution in [-0.4, -0.2) is 0 Å². The third-order valence-corrected chi connectivity index (χ3v) is 6.74. The molecule has 2 aliphatic carbocycles. The molecule has 0 nitrogen and oxygen atoms in total. The normalized spacial score (nSPS) is 18.7. The first-order valence-electron chi connectivity index (χ1n) is 7.23. The predicted octanol–water partition coefficient (Wildman–Crippen LogP) is 1.57. The molecule has 2 saturated carbocycles. The molecule has 98 valence electrons. The van der Waals surface area contributed by atoms with E-state index in [1.807, 2.05) is 0 Å². The van der Waals surface area contributed by atoms with Crippen LogP contribution < -0.4 is 21.2 Å². The van der Waals surface area contributed by atoms with Gasteiger partial charge in [-0.15, -0.1) is 0 Å². The quantitative estimate of drug-likeness (QED) is 0.726. The van der Waals surface area contributed by atoms with Gasteiger partial charge in [-0.3, -0.25) is 0 Å². The summed E-state index contributed by atoms with van der Waals surface area (Å²) >= 11 is 0.00425. The van der Waals surface area contributed by atoms with Crippen LogP contribution in [0.4, 0.5) is 0 Å². The molecule has 1 heteroatoms. The summed E-state index contributed by atoms with van der Waals surface area (Å²) in [7, 11) is 0. The van der Waals surface area contributed by atoms with Gasteiger partial charge in [0, 0.05) is 0 Å². The van der Waals surface area contributed by atoms with Crippen LogP contribution in [0, 0.1) is 7.14 Å². The Morgan fingerprint density at radius 1 is 0.579 bits per heavy atom. The molecule has 2 aromatic carbocycles. The Hall–Kier alpha value is -0.830. The molecule has 0 bridgehead atoms. The number of hydrogen-bond acceptors (Lipinski definition) is 0. The minimum absolute atomic E-state index is 0.00425. The first-order valence-corrected chi connectivity index (χ1v) is 9.39. The fraction of sp³-hybridized carbons (Fsp3) is 0.333. The third kappa shape index (κ3) is 2.86. The average Bonchev–Trinajstić information content (AvgIpc) is 3.31. The van der Waals surface area contributed by atoms with Gasteiger partial charge in [0.15, 0.2) is 0 Å². The molecule has 0 atom stereocenters. The van der Waals surface area contributed by atoms with Crippen molar-refractivity contribution in [3.8, 4) is 0 Å². The van der Waals surface area contributed by atoms with E-state index in [9.17, 15) is 0 Å². The van der Waals surface area contributed by atoms with Crippen LogP contribution in [0.1, 0.15) is 48.6 Å². The van der Waals surface area contributed by atoms with Crippen LogP contribution in [-0.2, 0) is 0 Å². The van der Waals surface area contributed by atoms with Crippen molar-refractivity contribution in [2.24, 2.45) is 0 Å². The Morgan fingerprint density at radius 3 is 1.26 bits per heavy atom. The van der Waals surface area contributed by atoms with Crippen LogP contribution >= 0.6 is 0 Å². The van der Waals surface area contributed by atoms with E-state index < -0.39 is 0 Å². The van der Waals surface area contributed by atoms with Gasteiger partial charge in [0.1, 0.15) is 0 Å². The third-order valence-electron chi connectivity index (χ3n) is 4.06. The summed E-state index contributed by atoms with van der Waals surface area (Å²) in [4.78, 5) is 0. The molecule has 2 aromatic rings. The first kappa shape index (κ1) is 12.0. The fourth-order valence-electron chi connectivity index (χ4n) is 2.56. The maximum atomic E-state index is 2.36. The van der Waals surface area contributed by atoms with Crippen molar-refractivity contribution >= 4 is 0 Å². The summed E-state index contributed by atoms with van der Waals surface area (Å²) in [5.41, 5.74) is 3.11. The molecular formula is C18H18I-. The molecule has 0 spiro atoms. The molecule has 0 amide bonds. The first-order chi connectivity index (χ1) is 9.38. The van der Waals surface area contributed by atoms with E-state index in [0.29, 0.717) is 0 Å². The van der Waals surface area contributed by atoms with E-state index in [4.69, 9.17) is 0 Å². The molecular weight excluding hydrogens is 343 g/mol. The van der Waals surface area contributed by atoms with Crippen LogP contribution in [0.2, 0.25) is 0 Å². The Kier molecular flexibility index (Phi) is 3.10. The Labute approximate surface area is 125 Å². The summed E-state index contributed by atoms with van der Waals surface area (Å²) in [6.45, 7) is 0. The molecule has 0 aromatic heterocycles. The molecule has 0 saturated heterocycles. The van der Waals surface area contributed by atoms with Crippen molar-refractivity contribution in [3.63, 3.8) is 0 Å². The topological polar surface area (TPSA) is 0 Å². The Morgan fingerprint density at radius 2 is 0.947 bits per heavy atom. The van der Waals surface area contributed by atoms with Gasteiger partial charge in [-0.2, -0.15) is 0 Å². The number of rotatable bonds is 4. The molecule has 0 aliphatic heterocycles. The molecule has 0 heterocycles. The van der Waals surface area contributed by atoms with Crippen molar-refractivity contribution in [2.45, 2.75) is 37.5 Å². The van der Waals surface area contributed by atoms with Crippen LogP contribution in [0.15, 0.2) is 48.5 Å². The van der Waals surface area contributed by atoms with Gasteiger partial charge >= 0.3 is 126 Å². The second kappa shape index (κ2) is 4.93. The van der Waals surface area contributed by atoms with Gasteiger partial charge in [0.2, 0.25) is 0 Å². The summed E-state index contributed by atoms with van der Waals surface area (Å²) in [5, 5.41) is 0. The molecule has 0 radical (unpaired) electrons. The van der Waals surface area contributed by atoms with Crippen LogP contribution in [0.25, 0.3) is 0 Å². The zero-order chi connectivity index (χ0) is 12.7. The van der Waals surface area contributed by atoms with Crippen molar-refractivity contribution in [2.75, 3.05) is 0 Å². The predicted molar refractivity (Wildman–Crippen MR) is 74.2 cm³/mol. The summed E-state index contributed by atoms with van der Waals surface area (Å²) < 4.78 is 3.09. The number of halogens is 1. The fourth-order valence-corrected chi connectivity index (χ4v) is 4.71. The monoisotopic (exact) mass is 361 g/mol. The second-order valence-electron chi connectivity index (χ2n) is 5.75. The van der Waals surface area contributed by atoms with Crippen molar-refractivity contribution in [3.05, 3.63) is 66.8 Å². The summed E-state index contributed by atoms with van der Waals surface area (Å²) in [6.07, 6.45) is 5.60. The van der Waals surface area contributed by atoms with Crippen LogP contribution in [0.3, 0.4) is 0 Å². The SMILES string of the molecule is c1cc(C2CC2)ccc1[I-]c1ccc(C2CC2)cc1. The minimum atomic E-state index is 0.00425.